The van der Waals surface area contributed by atoms with Gasteiger partial charge >= 0.3 is 0 Å². The normalized spacial score (nSPS) is 18.9. The number of hydrogen-bond acceptors (Lipinski definition) is 0. The summed E-state index contributed by atoms with van der Waals surface area (Å²) in [7, 11) is -2.01. The molecule has 0 aromatic heterocycles. The molecule has 0 amide bonds. The van der Waals surface area contributed by atoms with Crippen LogP contribution in [0.2, 0.25) is 0 Å². The molecule has 4 atom stereocenters. The van der Waals surface area contributed by atoms with Crippen LogP contribution < -0.4 is 21.2 Å². The van der Waals surface area contributed by atoms with Gasteiger partial charge in [-0.05, 0) is 102 Å². The zero-order chi connectivity index (χ0) is 39.5. The predicted octanol–water partition coefficient (Wildman–Crippen LogP) is 12.8. The highest BCUT2D eigenvalue weighted by molar-refractivity contribution is 7.74. The van der Waals surface area contributed by atoms with Crippen molar-refractivity contribution in [3.8, 4) is 0 Å². The number of fused-ring (bicyclic) bond motifs is 2. The zero-order valence-corrected chi connectivity index (χ0v) is 35.2. The lowest BCUT2D eigenvalue weighted by molar-refractivity contribution is 0.152. The molecule has 0 heterocycles. The molecule has 0 nitrogen and oxygen atoms in total. The monoisotopic (exact) mass is 796 g/mol. The summed E-state index contributed by atoms with van der Waals surface area (Å²) in [5.74, 6) is 1.68. The lowest BCUT2D eigenvalue weighted by atomic mass is 9.60. The van der Waals surface area contributed by atoms with Gasteiger partial charge in [0, 0.05) is 0 Å². The van der Waals surface area contributed by atoms with E-state index in [2.05, 4.69) is 243 Å². The fourth-order valence-electron chi connectivity index (χ4n) is 11.6. The summed E-state index contributed by atoms with van der Waals surface area (Å²) in [5.41, 5.74) is 5.75. The molecule has 2 aliphatic carbocycles. The molecule has 8 aromatic carbocycles. The van der Waals surface area contributed by atoms with Gasteiger partial charge in [0.2, 0.25) is 0 Å². The van der Waals surface area contributed by atoms with Gasteiger partial charge in [-0.15, -0.1) is 0 Å². The van der Waals surface area contributed by atoms with Crippen molar-refractivity contribution < 1.29 is 0 Å². The molecule has 0 spiro atoms. The van der Waals surface area contributed by atoms with Crippen LogP contribution in [-0.2, 0) is 10.3 Å². The highest BCUT2D eigenvalue weighted by atomic mass is 31.1. The Morgan fingerprint density at radius 3 is 0.695 bits per heavy atom. The van der Waals surface area contributed by atoms with Crippen molar-refractivity contribution in [1.82, 2.24) is 0 Å². The summed E-state index contributed by atoms with van der Waals surface area (Å²) in [5, 5.41) is 4.99. The molecule has 0 saturated heterocycles. The molecule has 0 radical (unpaired) electrons. The first-order valence-corrected chi connectivity index (χ1v) is 24.0. The van der Waals surface area contributed by atoms with Gasteiger partial charge in [-0.1, -0.05) is 243 Å². The quantitative estimate of drug-likeness (QED) is 0.108. The molecule has 10 rings (SSSR count). The molecule has 0 aliphatic heterocycles. The van der Waals surface area contributed by atoms with Gasteiger partial charge in [0.05, 0.1) is 10.3 Å². The molecule has 2 unspecified atom stereocenters. The lowest BCUT2D eigenvalue weighted by Crippen LogP contribution is -2.53. The van der Waals surface area contributed by atoms with Gasteiger partial charge in [-0.3, -0.25) is 0 Å². The van der Waals surface area contributed by atoms with Crippen molar-refractivity contribution >= 4 is 37.1 Å². The topological polar surface area (TPSA) is 0 Å². The Morgan fingerprint density at radius 2 is 0.475 bits per heavy atom. The summed E-state index contributed by atoms with van der Waals surface area (Å²) in [4.78, 5) is 0. The first-order valence-electron chi connectivity index (χ1n) is 21.3. The first kappa shape index (κ1) is 37.9. The molecule has 0 N–H and O–H groups in total. The molecule has 8 aromatic rings. The molecular weight excluding hydrogens is 747 g/mol. The van der Waals surface area contributed by atoms with Gasteiger partial charge in [0.15, 0.2) is 0 Å². The Morgan fingerprint density at radius 1 is 0.271 bits per heavy atom. The number of benzene rings is 8. The van der Waals surface area contributed by atoms with Crippen molar-refractivity contribution in [1.29, 1.82) is 0 Å². The summed E-state index contributed by atoms with van der Waals surface area (Å²) in [6, 6.07) is 93.6. The molecule has 59 heavy (non-hydrogen) atoms. The second kappa shape index (κ2) is 16.7. The Bertz CT molecular complexity index is 2190. The second-order valence-corrected chi connectivity index (χ2v) is 21.2. The lowest BCUT2D eigenvalue weighted by Gasteiger charge is -2.58. The van der Waals surface area contributed by atoms with Gasteiger partial charge < -0.3 is 0 Å². The third kappa shape index (κ3) is 6.54. The summed E-state index contributed by atoms with van der Waals surface area (Å²) >= 11 is 0. The minimum atomic E-state index is -1.01. The van der Waals surface area contributed by atoms with Gasteiger partial charge in [0.25, 0.3) is 0 Å². The highest BCUT2D eigenvalue weighted by Crippen LogP contribution is 2.77. The average Bonchev–Trinajstić information content (AvgIpc) is 3.95. The van der Waals surface area contributed by atoms with E-state index in [0.717, 1.165) is 0 Å². The summed E-state index contributed by atoms with van der Waals surface area (Å²) < 4.78 is 0. The predicted molar refractivity (Wildman–Crippen MR) is 253 cm³/mol. The van der Waals surface area contributed by atoms with Crippen LogP contribution >= 0.6 is 15.8 Å². The SMILES string of the molecule is c1ccc(P(c2ccccc2)C(c2ccccc2)(c2ccccc2)[C@H]2C3CCC(C3)[C@@H]2C(c2ccccc2)(c2ccccc2)P(c2ccccc2)c2ccccc2)cc1. The minimum Gasteiger partial charge on any atom is -0.0622 e. The van der Waals surface area contributed by atoms with E-state index >= 15 is 0 Å². The van der Waals surface area contributed by atoms with E-state index in [1.807, 2.05) is 0 Å². The number of rotatable bonds is 12. The molecule has 2 fully saturated rings. The third-order valence-electron chi connectivity index (χ3n) is 13.5. The molecule has 2 bridgehead atoms. The van der Waals surface area contributed by atoms with Crippen LogP contribution in [0.15, 0.2) is 243 Å². The Labute approximate surface area is 353 Å². The Kier molecular flexibility index (Phi) is 10.7. The fourth-order valence-corrected chi connectivity index (χ4v) is 18.7. The van der Waals surface area contributed by atoms with E-state index in [0.29, 0.717) is 23.7 Å². The van der Waals surface area contributed by atoms with Crippen LogP contribution in [0.3, 0.4) is 0 Å². The zero-order valence-electron chi connectivity index (χ0n) is 33.4. The minimum absolute atomic E-state index is 0.301. The summed E-state index contributed by atoms with van der Waals surface area (Å²) in [6.45, 7) is 0. The molecular formula is C57H50P2. The van der Waals surface area contributed by atoms with Crippen molar-refractivity contribution in [2.45, 2.75) is 29.6 Å². The molecule has 288 valence electrons. The largest absolute Gasteiger partial charge is 0.0622 e. The third-order valence-corrected chi connectivity index (χ3v) is 19.8. The van der Waals surface area contributed by atoms with Crippen LogP contribution in [-0.4, -0.2) is 0 Å². The van der Waals surface area contributed by atoms with E-state index in [9.17, 15) is 0 Å². The molecule has 2 heteroatoms. The fraction of sp³-hybridized carbons (Fsp3) is 0.158. The Hall–Kier alpha value is -5.38. The van der Waals surface area contributed by atoms with Crippen LogP contribution in [0, 0.1) is 23.7 Å². The van der Waals surface area contributed by atoms with Crippen molar-refractivity contribution in [3.05, 3.63) is 265 Å². The van der Waals surface area contributed by atoms with Gasteiger partial charge in [0.1, 0.15) is 0 Å². The molecule has 2 saturated carbocycles. The Balaban J connectivity index is 1.39. The van der Waals surface area contributed by atoms with Crippen LogP contribution in [0.5, 0.6) is 0 Å². The maximum atomic E-state index is 2.49. The smallest absolute Gasteiger partial charge is 0.0517 e. The van der Waals surface area contributed by atoms with Crippen molar-refractivity contribution in [2.24, 2.45) is 23.7 Å². The van der Waals surface area contributed by atoms with E-state index in [1.54, 1.807) is 0 Å². The van der Waals surface area contributed by atoms with Crippen LogP contribution in [0.1, 0.15) is 41.5 Å². The van der Waals surface area contributed by atoms with E-state index in [4.69, 9.17) is 0 Å². The maximum absolute atomic E-state index is 2.49. The maximum Gasteiger partial charge on any atom is 0.0517 e. The first-order chi connectivity index (χ1) is 29.3. The van der Waals surface area contributed by atoms with Crippen LogP contribution in [0.25, 0.3) is 0 Å². The highest BCUT2D eigenvalue weighted by Gasteiger charge is 2.67. The number of hydrogen-bond donors (Lipinski definition) is 0. The van der Waals surface area contributed by atoms with Crippen LogP contribution in [0.4, 0.5) is 0 Å². The van der Waals surface area contributed by atoms with Gasteiger partial charge in [-0.25, -0.2) is 0 Å². The molecule has 2 aliphatic rings. The van der Waals surface area contributed by atoms with E-state index in [1.165, 1.54) is 62.7 Å². The summed E-state index contributed by atoms with van der Waals surface area (Å²) in [6.07, 6.45) is 3.76. The van der Waals surface area contributed by atoms with E-state index in [-0.39, 0.29) is 10.3 Å². The standard InChI is InChI=1S/C57H50P2/c1-9-25-46(26-10-1)56(47-27-11-2-12-28-47,58(50-33-17-5-18-34-50)51-35-19-6-20-36-51)54-44-41-42-45(43-44)55(54)57(48-29-13-3-14-30-48,49-31-15-4-16-32-49)59(52-37-21-7-22-38-52)53-39-23-8-24-40-53/h1-40,44-45,54-55H,41-43H2/t44?,45?,54-,55-/m0/s1. The average molecular weight is 797 g/mol. The van der Waals surface area contributed by atoms with Gasteiger partial charge in [-0.2, -0.15) is 0 Å². The van der Waals surface area contributed by atoms with E-state index < -0.39 is 15.8 Å². The second-order valence-electron chi connectivity index (χ2n) is 16.4. The van der Waals surface area contributed by atoms with Crippen molar-refractivity contribution in [2.75, 3.05) is 0 Å². The van der Waals surface area contributed by atoms with Crippen molar-refractivity contribution in [3.63, 3.8) is 0 Å².